The summed E-state index contributed by atoms with van der Waals surface area (Å²) in [4.78, 5) is 18.5. The first-order valence-electron chi connectivity index (χ1n) is 11.5. The molecule has 0 radical (unpaired) electrons. The number of benzene rings is 1. The van der Waals surface area contributed by atoms with Gasteiger partial charge in [-0.05, 0) is 38.0 Å². The molecule has 0 amide bonds. The average molecular weight is 511 g/mol. The van der Waals surface area contributed by atoms with Crippen LogP contribution in [0.5, 0.6) is 17.4 Å². The molecule has 1 aromatic carbocycles. The van der Waals surface area contributed by atoms with Crippen LogP contribution in [-0.4, -0.2) is 59.0 Å². The van der Waals surface area contributed by atoms with Gasteiger partial charge in [0.25, 0.3) is 0 Å². The van der Waals surface area contributed by atoms with Gasteiger partial charge < -0.3 is 14.2 Å². The lowest BCUT2D eigenvalue weighted by Crippen LogP contribution is -2.27. The van der Waals surface area contributed by atoms with Gasteiger partial charge >= 0.3 is 0 Å². The van der Waals surface area contributed by atoms with Gasteiger partial charge in [-0.3, -0.25) is 4.57 Å². The van der Waals surface area contributed by atoms with Crippen LogP contribution < -0.4 is 18.9 Å². The molecule has 1 fully saturated rings. The standard InChI is InChI=1S/C24H26N6O5S/c1-4-35-20-10-5-7-17(28-20)23-29-22-24(30(23)21-18(33-2)8-6-9-19(21)34-3)27-15(13-25-22)14-26-36(31,32)16-11-12-16/h5-10,13,16,26H,4,11-12,14H2,1-3H3. The van der Waals surface area contributed by atoms with Crippen LogP contribution in [0.1, 0.15) is 25.5 Å². The molecule has 0 bridgehead atoms. The first-order chi connectivity index (χ1) is 17.4. The van der Waals surface area contributed by atoms with Crippen molar-refractivity contribution in [1.82, 2.24) is 29.2 Å². The molecule has 0 atom stereocenters. The fourth-order valence-corrected chi connectivity index (χ4v) is 5.19. The highest BCUT2D eigenvalue weighted by molar-refractivity contribution is 7.90. The van der Waals surface area contributed by atoms with E-state index in [2.05, 4.69) is 14.7 Å². The molecule has 36 heavy (non-hydrogen) atoms. The monoisotopic (exact) mass is 510 g/mol. The minimum Gasteiger partial charge on any atom is -0.494 e. The summed E-state index contributed by atoms with van der Waals surface area (Å²) in [6, 6.07) is 10.8. The third kappa shape index (κ3) is 4.56. The summed E-state index contributed by atoms with van der Waals surface area (Å²) < 4.78 is 46.0. The summed E-state index contributed by atoms with van der Waals surface area (Å²) in [7, 11) is -0.246. The van der Waals surface area contributed by atoms with Crippen LogP contribution in [0, 0.1) is 0 Å². The van der Waals surface area contributed by atoms with Crippen molar-refractivity contribution < 1.29 is 22.6 Å². The zero-order valence-electron chi connectivity index (χ0n) is 20.1. The summed E-state index contributed by atoms with van der Waals surface area (Å²) >= 11 is 0. The third-order valence-electron chi connectivity index (χ3n) is 5.71. The lowest BCUT2D eigenvalue weighted by atomic mass is 10.2. The molecule has 12 heteroatoms. The fourth-order valence-electron chi connectivity index (χ4n) is 3.85. The second-order valence-corrected chi connectivity index (χ2v) is 10.2. The van der Waals surface area contributed by atoms with Crippen LogP contribution in [0.4, 0.5) is 0 Å². The van der Waals surface area contributed by atoms with Crippen molar-refractivity contribution in [3.05, 3.63) is 48.3 Å². The lowest BCUT2D eigenvalue weighted by molar-refractivity contribution is 0.327. The number of nitrogens with one attached hydrogen (secondary N) is 1. The fraction of sp³-hybridized carbons (Fsp3) is 0.333. The molecule has 1 N–H and O–H groups in total. The Hall–Kier alpha value is -3.77. The van der Waals surface area contributed by atoms with Gasteiger partial charge in [-0.2, -0.15) is 0 Å². The maximum absolute atomic E-state index is 12.3. The van der Waals surface area contributed by atoms with E-state index in [1.54, 1.807) is 37.0 Å². The molecule has 0 aliphatic heterocycles. The van der Waals surface area contributed by atoms with Crippen molar-refractivity contribution in [2.75, 3.05) is 20.8 Å². The number of sulfonamides is 1. The van der Waals surface area contributed by atoms with Crippen molar-refractivity contribution in [2.45, 2.75) is 31.6 Å². The number of aromatic nitrogens is 5. The summed E-state index contributed by atoms with van der Waals surface area (Å²) in [6.07, 6.45) is 2.87. The number of hydrogen-bond donors (Lipinski definition) is 1. The lowest BCUT2D eigenvalue weighted by Gasteiger charge is -2.16. The Labute approximate surface area is 208 Å². The summed E-state index contributed by atoms with van der Waals surface area (Å²) in [5, 5.41) is -0.326. The molecule has 1 aliphatic carbocycles. The van der Waals surface area contributed by atoms with Gasteiger partial charge in [0, 0.05) is 6.07 Å². The van der Waals surface area contributed by atoms with Gasteiger partial charge in [-0.15, -0.1) is 0 Å². The van der Waals surface area contributed by atoms with Gasteiger partial charge in [0.1, 0.15) is 22.9 Å². The van der Waals surface area contributed by atoms with E-state index in [-0.39, 0.29) is 11.8 Å². The number of fused-ring (bicyclic) bond motifs is 1. The maximum Gasteiger partial charge on any atom is 0.214 e. The van der Waals surface area contributed by atoms with Gasteiger partial charge in [-0.1, -0.05) is 12.1 Å². The van der Waals surface area contributed by atoms with Gasteiger partial charge in [0.2, 0.25) is 15.9 Å². The predicted molar refractivity (Wildman–Crippen MR) is 133 cm³/mol. The molecule has 0 unspecified atom stereocenters. The smallest absolute Gasteiger partial charge is 0.214 e. The number of hydrogen-bond acceptors (Lipinski definition) is 9. The van der Waals surface area contributed by atoms with Crippen molar-refractivity contribution >= 4 is 21.3 Å². The number of para-hydroxylation sites is 1. The Bertz CT molecular complexity index is 1490. The summed E-state index contributed by atoms with van der Waals surface area (Å²) in [5.41, 5.74) is 2.30. The zero-order chi connectivity index (χ0) is 25.3. The van der Waals surface area contributed by atoms with Crippen LogP contribution in [-0.2, 0) is 16.6 Å². The van der Waals surface area contributed by atoms with E-state index in [0.717, 1.165) is 0 Å². The Morgan fingerprint density at radius 2 is 1.75 bits per heavy atom. The highest BCUT2D eigenvalue weighted by Crippen LogP contribution is 2.37. The number of nitrogens with zero attached hydrogens (tertiary/aromatic N) is 5. The van der Waals surface area contributed by atoms with Crippen LogP contribution in [0.3, 0.4) is 0 Å². The third-order valence-corrected chi connectivity index (χ3v) is 7.60. The number of methoxy groups -OCH3 is 2. The Balaban J connectivity index is 1.70. The molecular weight excluding hydrogens is 484 g/mol. The normalized spacial score (nSPS) is 13.6. The molecule has 3 heterocycles. The van der Waals surface area contributed by atoms with Crippen LogP contribution in [0.2, 0.25) is 0 Å². The first kappa shape index (κ1) is 23.9. The minimum atomic E-state index is -3.37. The molecular formula is C24H26N6O5S. The number of imidazole rings is 1. The molecule has 0 saturated heterocycles. The molecule has 11 nitrogen and oxygen atoms in total. The zero-order valence-corrected chi connectivity index (χ0v) is 20.9. The molecule has 188 valence electrons. The Morgan fingerprint density at radius 1 is 1.03 bits per heavy atom. The van der Waals surface area contributed by atoms with Crippen molar-refractivity contribution in [2.24, 2.45) is 0 Å². The van der Waals surface area contributed by atoms with E-state index < -0.39 is 10.0 Å². The summed E-state index contributed by atoms with van der Waals surface area (Å²) in [6.45, 7) is 2.37. The average Bonchev–Trinajstić information content (AvgIpc) is 3.69. The Kier molecular flexibility index (Phi) is 6.46. The van der Waals surface area contributed by atoms with E-state index in [0.29, 0.717) is 71.0 Å². The topological polar surface area (TPSA) is 130 Å². The number of rotatable bonds is 10. The second-order valence-electron chi connectivity index (χ2n) is 8.15. The van der Waals surface area contributed by atoms with E-state index in [9.17, 15) is 8.42 Å². The molecule has 0 spiro atoms. The van der Waals surface area contributed by atoms with Gasteiger partial charge in [0.05, 0.1) is 44.5 Å². The highest BCUT2D eigenvalue weighted by Gasteiger charge is 2.35. The molecule has 3 aromatic heterocycles. The predicted octanol–water partition coefficient (Wildman–Crippen LogP) is 2.88. The van der Waals surface area contributed by atoms with E-state index in [1.165, 1.54) is 6.20 Å². The van der Waals surface area contributed by atoms with Crippen molar-refractivity contribution in [3.8, 4) is 34.6 Å². The largest absolute Gasteiger partial charge is 0.494 e. The molecule has 4 aromatic rings. The van der Waals surface area contributed by atoms with Gasteiger partial charge in [0.15, 0.2) is 17.1 Å². The van der Waals surface area contributed by atoms with Crippen molar-refractivity contribution in [1.29, 1.82) is 0 Å². The summed E-state index contributed by atoms with van der Waals surface area (Å²) in [5.74, 6) is 1.96. The number of ether oxygens (including phenoxy) is 3. The van der Waals surface area contributed by atoms with Crippen LogP contribution >= 0.6 is 0 Å². The molecule has 1 saturated carbocycles. The van der Waals surface area contributed by atoms with Crippen molar-refractivity contribution in [3.63, 3.8) is 0 Å². The SMILES string of the molecule is CCOc1cccc(-c2nc3ncc(CNS(=O)(=O)C4CC4)nc3n2-c2c(OC)cccc2OC)n1. The molecule has 5 rings (SSSR count). The van der Waals surface area contributed by atoms with Gasteiger partial charge in [-0.25, -0.2) is 33.1 Å². The maximum atomic E-state index is 12.3. The first-order valence-corrected chi connectivity index (χ1v) is 13.0. The highest BCUT2D eigenvalue weighted by atomic mass is 32.2. The molecule has 1 aliphatic rings. The van der Waals surface area contributed by atoms with E-state index >= 15 is 0 Å². The van der Waals surface area contributed by atoms with Crippen LogP contribution in [0.15, 0.2) is 42.6 Å². The Morgan fingerprint density at radius 3 is 2.42 bits per heavy atom. The second kappa shape index (κ2) is 9.70. The van der Waals surface area contributed by atoms with Crippen LogP contribution in [0.25, 0.3) is 28.5 Å². The van der Waals surface area contributed by atoms with E-state index in [4.69, 9.17) is 24.2 Å². The number of pyridine rings is 1. The minimum absolute atomic E-state index is 0.0173. The van der Waals surface area contributed by atoms with E-state index in [1.807, 2.05) is 25.1 Å². The quantitative estimate of drug-likeness (QED) is 0.342.